The van der Waals surface area contributed by atoms with Gasteiger partial charge in [0.1, 0.15) is 17.9 Å². The molecule has 0 spiro atoms. The molecule has 4 rings (SSSR count). The van der Waals surface area contributed by atoms with E-state index in [-0.39, 0.29) is 18.3 Å². The Balaban J connectivity index is 1.61. The highest BCUT2D eigenvalue weighted by Crippen LogP contribution is 2.31. The van der Waals surface area contributed by atoms with Crippen LogP contribution in [-0.2, 0) is 26.2 Å². The molecule has 2 aromatic carbocycles. The smallest absolute Gasteiger partial charge is 0.243 e. The van der Waals surface area contributed by atoms with E-state index in [1.807, 2.05) is 60.7 Å². The summed E-state index contributed by atoms with van der Waals surface area (Å²) in [4.78, 5) is 30.2. The Labute approximate surface area is 226 Å². The van der Waals surface area contributed by atoms with Crippen molar-refractivity contribution >= 4 is 39.0 Å². The van der Waals surface area contributed by atoms with Crippen LogP contribution in [0.3, 0.4) is 0 Å². The molecule has 200 valence electrons. The van der Waals surface area contributed by atoms with Crippen LogP contribution in [0.25, 0.3) is 0 Å². The van der Waals surface area contributed by atoms with E-state index in [0.29, 0.717) is 24.3 Å². The Kier molecular flexibility index (Phi) is 8.60. The van der Waals surface area contributed by atoms with Crippen molar-refractivity contribution in [2.45, 2.75) is 37.4 Å². The minimum atomic E-state index is -3.77. The van der Waals surface area contributed by atoms with Crippen molar-refractivity contribution in [3.8, 4) is 0 Å². The van der Waals surface area contributed by atoms with Gasteiger partial charge in [-0.05, 0) is 36.1 Å². The van der Waals surface area contributed by atoms with Gasteiger partial charge in [-0.15, -0.1) is 11.3 Å². The molecular weight excluding hydrogens is 522 g/mol. The number of nitrogens with two attached hydrogens (primary N) is 1. The van der Waals surface area contributed by atoms with E-state index in [9.17, 15) is 18.0 Å². The number of benzene rings is 2. The SMILES string of the molecule is CS(=O)(=O)N[C@@H](C(=O)N1CCC[C@H]1C(=O)NCc1ccc(C(=N)N)s1)C(c1ccccc1)c1ccccc1. The lowest BCUT2D eigenvalue weighted by molar-refractivity contribution is -0.140. The lowest BCUT2D eigenvalue weighted by Crippen LogP contribution is -2.55. The molecule has 0 bridgehead atoms. The number of amides is 2. The highest BCUT2D eigenvalue weighted by molar-refractivity contribution is 7.88. The maximum atomic E-state index is 14.1. The molecule has 1 saturated heterocycles. The first-order valence-corrected chi connectivity index (χ1v) is 14.9. The average Bonchev–Trinajstić information content (AvgIpc) is 3.57. The van der Waals surface area contributed by atoms with E-state index < -0.39 is 33.9 Å². The van der Waals surface area contributed by atoms with Crippen LogP contribution in [0.4, 0.5) is 0 Å². The second kappa shape index (κ2) is 11.9. The molecule has 3 aromatic rings. The summed E-state index contributed by atoms with van der Waals surface area (Å²) in [5.74, 6) is -1.38. The fourth-order valence-electron chi connectivity index (χ4n) is 4.78. The zero-order valence-electron chi connectivity index (χ0n) is 21.0. The second-order valence-corrected chi connectivity index (χ2v) is 12.2. The van der Waals surface area contributed by atoms with Crippen LogP contribution in [0.5, 0.6) is 0 Å². The number of carbonyl (C=O) groups excluding carboxylic acids is 2. The van der Waals surface area contributed by atoms with Gasteiger partial charge < -0.3 is 16.0 Å². The summed E-state index contributed by atoms with van der Waals surface area (Å²) < 4.78 is 27.5. The van der Waals surface area contributed by atoms with Crippen LogP contribution in [-0.4, -0.2) is 55.9 Å². The number of likely N-dealkylation sites (tertiary alicyclic amines) is 1. The van der Waals surface area contributed by atoms with Gasteiger partial charge in [0.05, 0.1) is 17.7 Å². The lowest BCUT2D eigenvalue weighted by atomic mass is 9.84. The van der Waals surface area contributed by atoms with Crippen LogP contribution in [0.1, 0.15) is 39.6 Å². The van der Waals surface area contributed by atoms with Crippen molar-refractivity contribution in [3.05, 3.63) is 93.7 Å². The number of nitrogens with one attached hydrogen (secondary N) is 3. The summed E-state index contributed by atoms with van der Waals surface area (Å²) in [5, 5.41) is 10.4. The van der Waals surface area contributed by atoms with Crippen molar-refractivity contribution in [2.24, 2.45) is 5.73 Å². The zero-order chi connectivity index (χ0) is 27.3. The molecule has 0 radical (unpaired) electrons. The van der Waals surface area contributed by atoms with Gasteiger partial charge in [0.15, 0.2) is 0 Å². The number of nitrogens with zero attached hydrogens (tertiary/aromatic N) is 1. The second-order valence-electron chi connectivity index (χ2n) is 9.25. The van der Waals surface area contributed by atoms with E-state index >= 15 is 0 Å². The van der Waals surface area contributed by atoms with E-state index in [0.717, 1.165) is 22.3 Å². The molecular formula is C27H31N5O4S2. The predicted molar refractivity (Wildman–Crippen MR) is 148 cm³/mol. The Morgan fingerprint density at radius 2 is 1.66 bits per heavy atom. The standard InChI is InChI=1S/C27H31N5O4S2/c1-38(35,36)31-24(23(18-9-4-2-5-10-18)19-11-6-3-7-12-19)27(34)32-16-8-13-21(32)26(33)30-17-20-14-15-22(37-20)25(28)29/h2-7,9-12,14-15,21,23-24,31H,8,13,16-17H2,1H3,(H3,28,29)(H,30,33)/t21-,24+/m0/s1. The Morgan fingerprint density at radius 3 is 2.18 bits per heavy atom. The van der Waals surface area contributed by atoms with Gasteiger partial charge >= 0.3 is 0 Å². The quantitative estimate of drug-likeness (QED) is 0.225. The van der Waals surface area contributed by atoms with Gasteiger partial charge in [0.25, 0.3) is 0 Å². The number of carbonyl (C=O) groups is 2. The largest absolute Gasteiger partial charge is 0.383 e. The van der Waals surface area contributed by atoms with Gasteiger partial charge in [-0.3, -0.25) is 15.0 Å². The summed E-state index contributed by atoms with van der Waals surface area (Å²) in [6, 6.07) is 20.3. The van der Waals surface area contributed by atoms with E-state index in [1.54, 1.807) is 12.1 Å². The van der Waals surface area contributed by atoms with Crippen LogP contribution in [0, 0.1) is 5.41 Å². The van der Waals surface area contributed by atoms with E-state index in [1.165, 1.54) is 16.2 Å². The third-order valence-corrected chi connectivity index (χ3v) is 8.26. The molecule has 9 nitrogen and oxygen atoms in total. The van der Waals surface area contributed by atoms with Crippen LogP contribution in [0.2, 0.25) is 0 Å². The minimum absolute atomic E-state index is 0.0315. The lowest BCUT2D eigenvalue weighted by Gasteiger charge is -2.33. The van der Waals surface area contributed by atoms with Crippen molar-refractivity contribution in [3.63, 3.8) is 0 Å². The first-order chi connectivity index (χ1) is 18.1. The molecule has 1 aliphatic heterocycles. The van der Waals surface area contributed by atoms with Gasteiger partial charge in [0.2, 0.25) is 21.8 Å². The monoisotopic (exact) mass is 553 g/mol. The number of rotatable bonds is 10. The summed E-state index contributed by atoms with van der Waals surface area (Å²) >= 11 is 1.32. The maximum Gasteiger partial charge on any atom is 0.243 e. The summed E-state index contributed by atoms with van der Waals surface area (Å²) in [5.41, 5.74) is 7.10. The van der Waals surface area contributed by atoms with Gasteiger partial charge in [-0.1, -0.05) is 60.7 Å². The first kappa shape index (κ1) is 27.5. The molecule has 0 aliphatic carbocycles. The van der Waals surface area contributed by atoms with Gasteiger partial charge in [0, 0.05) is 17.3 Å². The topological polar surface area (TPSA) is 145 Å². The molecule has 38 heavy (non-hydrogen) atoms. The minimum Gasteiger partial charge on any atom is -0.383 e. The normalized spacial score (nSPS) is 16.4. The van der Waals surface area contributed by atoms with E-state index in [4.69, 9.17) is 11.1 Å². The Hall–Kier alpha value is -3.54. The molecule has 1 aliphatic rings. The Bertz CT molecular complexity index is 1350. The maximum absolute atomic E-state index is 14.1. The third-order valence-electron chi connectivity index (χ3n) is 6.46. The van der Waals surface area contributed by atoms with E-state index in [2.05, 4.69) is 10.0 Å². The van der Waals surface area contributed by atoms with Crippen molar-refractivity contribution in [2.75, 3.05) is 12.8 Å². The highest BCUT2D eigenvalue weighted by Gasteiger charge is 2.41. The molecule has 1 fully saturated rings. The number of sulfonamides is 1. The molecule has 11 heteroatoms. The van der Waals surface area contributed by atoms with Crippen LogP contribution in [0.15, 0.2) is 72.8 Å². The number of amidine groups is 1. The molecule has 2 amide bonds. The molecule has 2 heterocycles. The first-order valence-electron chi connectivity index (χ1n) is 12.2. The summed E-state index contributed by atoms with van der Waals surface area (Å²) in [6.45, 7) is 0.597. The van der Waals surface area contributed by atoms with Gasteiger partial charge in [-0.2, -0.15) is 0 Å². The molecule has 5 N–H and O–H groups in total. The Morgan fingerprint density at radius 1 is 1.05 bits per heavy atom. The number of thiophene rings is 1. The van der Waals surface area contributed by atoms with Gasteiger partial charge in [-0.25, -0.2) is 13.1 Å². The average molecular weight is 554 g/mol. The highest BCUT2D eigenvalue weighted by atomic mass is 32.2. The summed E-state index contributed by atoms with van der Waals surface area (Å²) in [6.07, 6.45) is 2.14. The molecule has 0 unspecified atom stereocenters. The predicted octanol–water partition coefficient (Wildman–Crippen LogP) is 2.39. The fourth-order valence-corrected chi connectivity index (χ4v) is 6.29. The third kappa shape index (κ3) is 6.66. The molecule has 1 aromatic heterocycles. The zero-order valence-corrected chi connectivity index (χ0v) is 22.6. The number of hydrogen-bond acceptors (Lipinski definition) is 6. The number of hydrogen-bond donors (Lipinski definition) is 4. The summed E-state index contributed by atoms with van der Waals surface area (Å²) in [7, 11) is -3.77. The van der Waals surface area contributed by atoms with Crippen LogP contribution >= 0.6 is 11.3 Å². The number of nitrogen functional groups attached to an aromatic ring is 1. The van der Waals surface area contributed by atoms with Crippen molar-refractivity contribution in [1.29, 1.82) is 5.41 Å². The van der Waals surface area contributed by atoms with Crippen molar-refractivity contribution < 1.29 is 18.0 Å². The molecule has 0 saturated carbocycles. The molecule has 2 atom stereocenters. The van der Waals surface area contributed by atoms with Crippen molar-refractivity contribution in [1.82, 2.24) is 14.9 Å². The fraction of sp³-hybridized carbons (Fsp3) is 0.296. The van der Waals surface area contributed by atoms with Crippen LogP contribution < -0.4 is 15.8 Å².